The van der Waals surface area contributed by atoms with E-state index in [1.54, 1.807) is 35.2 Å². The molecule has 16 nitrogen and oxygen atoms in total. The van der Waals surface area contributed by atoms with E-state index in [9.17, 15) is 29.2 Å². The average Bonchev–Trinajstić information content (AvgIpc) is 3.48. The molecule has 2 fully saturated rings. The lowest BCUT2D eigenvalue weighted by atomic mass is 10.0. The lowest BCUT2D eigenvalue weighted by Gasteiger charge is -2.34. The fourth-order valence-electron chi connectivity index (χ4n) is 7.13. The molecule has 4 heterocycles. The highest BCUT2D eigenvalue weighted by Gasteiger charge is 2.46. The summed E-state index contributed by atoms with van der Waals surface area (Å²) in [6.45, 7) is 2.94. The standard InChI is InChI=1S/C40H37Cl2N7O9/c1-55-31-18-28(25(41)16-26(31)42)45-37-22(19-43)20-44-27-17-33(32(56-2)15-24(27)37)57-14-4-9-47-10-12-48(13-11-47)35(51)21-58-30-6-3-5-23-36(30)40(54)49(39(23)53)29-7-8-34(50)46-38(29)52/h3,5-6,15-18,20,29H,4,7-14,21H2,1-2H3,(H,44,45)(H,46,50,52). The number of pyridine rings is 1. The van der Waals surface area contributed by atoms with E-state index in [4.69, 9.17) is 42.1 Å². The maximum Gasteiger partial charge on any atom is 0.266 e. The number of piperidine rings is 1. The molecular formula is C40H37Cl2N7O9. The Hall–Kier alpha value is -6.15. The topological polar surface area (TPSA) is 193 Å². The first-order chi connectivity index (χ1) is 28.0. The van der Waals surface area contributed by atoms with E-state index in [2.05, 4.69) is 26.6 Å². The van der Waals surface area contributed by atoms with Gasteiger partial charge in [-0.1, -0.05) is 29.3 Å². The van der Waals surface area contributed by atoms with Crippen LogP contribution in [-0.4, -0.2) is 115 Å². The number of amides is 5. The van der Waals surface area contributed by atoms with Crippen molar-refractivity contribution in [3.63, 3.8) is 0 Å². The van der Waals surface area contributed by atoms with E-state index in [0.717, 1.165) is 4.90 Å². The number of methoxy groups -OCH3 is 2. The number of hydrogen-bond donors (Lipinski definition) is 2. The summed E-state index contributed by atoms with van der Waals surface area (Å²) in [6, 6.07) is 12.3. The molecule has 2 saturated heterocycles. The fraction of sp³-hybridized carbons (Fsp3) is 0.325. The zero-order chi connectivity index (χ0) is 41.1. The predicted octanol–water partition coefficient (Wildman–Crippen LogP) is 4.57. The van der Waals surface area contributed by atoms with Crippen LogP contribution in [0, 0.1) is 11.3 Å². The molecule has 1 unspecified atom stereocenters. The molecule has 0 aliphatic carbocycles. The molecule has 3 aromatic carbocycles. The van der Waals surface area contributed by atoms with Gasteiger partial charge in [0.15, 0.2) is 18.1 Å². The molecule has 1 aromatic heterocycles. The first-order valence-electron chi connectivity index (χ1n) is 18.3. The summed E-state index contributed by atoms with van der Waals surface area (Å²) in [4.78, 5) is 72.9. The third-order valence-electron chi connectivity index (χ3n) is 10.2. The number of carbonyl (C=O) groups is 5. The Morgan fingerprint density at radius 3 is 2.45 bits per heavy atom. The fourth-order valence-corrected chi connectivity index (χ4v) is 7.64. The van der Waals surface area contributed by atoms with Crippen molar-refractivity contribution in [2.75, 3.05) is 65.5 Å². The molecule has 7 rings (SSSR count). The quantitative estimate of drug-likeness (QED) is 0.141. The molecule has 0 saturated carbocycles. The third-order valence-corrected chi connectivity index (χ3v) is 10.8. The molecule has 4 aromatic rings. The molecule has 0 spiro atoms. The van der Waals surface area contributed by atoms with Crippen LogP contribution in [0.15, 0.2) is 48.7 Å². The van der Waals surface area contributed by atoms with Gasteiger partial charge in [0.25, 0.3) is 17.7 Å². The minimum atomic E-state index is -1.11. The van der Waals surface area contributed by atoms with Crippen LogP contribution in [0.1, 0.15) is 45.5 Å². The zero-order valence-corrected chi connectivity index (χ0v) is 32.9. The number of ether oxygens (including phenoxy) is 4. The molecule has 5 amide bonds. The van der Waals surface area contributed by atoms with Crippen molar-refractivity contribution in [3.05, 3.63) is 75.4 Å². The maximum absolute atomic E-state index is 13.4. The molecule has 58 heavy (non-hydrogen) atoms. The summed E-state index contributed by atoms with van der Waals surface area (Å²) in [5.74, 6) is -1.37. The number of nitrogens with zero attached hydrogens (tertiary/aromatic N) is 5. The van der Waals surface area contributed by atoms with Gasteiger partial charge in [-0.25, -0.2) is 0 Å². The Kier molecular flexibility index (Phi) is 11.8. The van der Waals surface area contributed by atoms with Crippen LogP contribution in [0.2, 0.25) is 10.0 Å². The second kappa shape index (κ2) is 17.1. The van der Waals surface area contributed by atoms with E-state index >= 15 is 0 Å². The zero-order valence-electron chi connectivity index (χ0n) is 31.4. The second-order valence-corrected chi connectivity index (χ2v) is 14.4. The van der Waals surface area contributed by atoms with Crippen molar-refractivity contribution in [2.45, 2.75) is 25.3 Å². The highest BCUT2D eigenvalue weighted by molar-refractivity contribution is 6.37. The smallest absolute Gasteiger partial charge is 0.266 e. The first kappa shape index (κ1) is 40.1. The van der Waals surface area contributed by atoms with Crippen molar-refractivity contribution >= 4 is 75.0 Å². The Bertz CT molecular complexity index is 2380. The van der Waals surface area contributed by atoms with Gasteiger partial charge >= 0.3 is 0 Å². The molecular weight excluding hydrogens is 793 g/mol. The van der Waals surface area contributed by atoms with Gasteiger partial charge in [-0.05, 0) is 37.1 Å². The summed E-state index contributed by atoms with van der Waals surface area (Å²) >= 11 is 12.7. The Balaban J connectivity index is 0.908. The number of fused-ring (bicyclic) bond motifs is 2. The van der Waals surface area contributed by atoms with Crippen LogP contribution < -0.4 is 29.6 Å². The summed E-state index contributed by atoms with van der Waals surface area (Å²) in [5, 5.41) is 16.6. The third kappa shape index (κ3) is 8.01. The Labute approximate surface area is 342 Å². The minimum Gasteiger partial charge on any atom is -0.495 e. The first-order valence-corrected chi connectivity index (χ1v) is 19.1. The van der Waals surface area contributed by atoms with Crippen LogP contribution in [0.25, 0.3) is 10.9 Å². The molecule has 2 N–H and O–H groups in total. The number of imide groups is 2. The van der Waals surface area contributed by atoms with Gasteiger partial charge < -0.3 is 29.2 Å². The SMILES string of the molecule is COc1cc(Nc2c(C#N)cnc3cc(OCCCN4CCN(C(=O)COc5cccc6c5C(=O)N(C5CCC(=O)NC5=O)C6=O)CC4)c(OC)cc23)c(Cl)cc1Cl. The molecule has 300 valence electrons. The van der Waals surface area contributed by atoms with Crippen molar-refractivity contribution in [2.24, 2.45) is 0 Å². The summed E-state index contributed by atoms with van der Waals surface area (Å²) < 4.78 is 22.9. The normalized spacial score (nSPS) is 16.8. The number of nitriles is 1. The van der Waals surface area contributed by atoms with Crippen molar-refractivity contribution in [3.8, 4) is 29.1 Å². The highest BCUT2D eigenvalue weighted by Crippen LogP contribution is 2.41. The highest BCUT2D eigenvalue weighted by atomic mass is 35.5. The molecule has 0 bridgehead atoms. The number of carbonyl (C=O) groups excluding carboxylic acids is 5. The van der Waals surface area contributed by atoms with Crippen molar-refractivity contribution < 1.29 is 42.9 Å². The number of hydrogen-bond acceptors (Lipinski definition) is 13. The number of rotatable bonds is 13. The number of benzene rings is 3. The van der Waals surface area contributed by atoms with Gasteiger partial charge in [0.1, 0.15) is 23.6 Å². The van der Waals surface area contributed by atoms with Gasteiger partial charge in [-0.2, -0.15) is 5.26 Å². The number of nitrogens with one attached hydrogen (secondary N) is 2. The largest absolute Gasteiger partial charge is 0.495 e. The van der Waals surface area contributed by atoms with E-state index in [1.807, 2.05) is 0 Å². The lowest BCUT2D eigenvalue weighted by molar-refractivity contribution is -0.136. The Morgan fingerprint density at radius 2 is 1.72 bits per heavy atom. The summed E-state index contributed by atoms with van der Waals surface area (Å²) in [7, 11) is 3.02. The Morgan fingerprint density at radius 1 is 0.948 bits per heavy atom. The molecule has 1 atom stereocenters. The van der Waals surface area contributed by atoms with Gasteiger partial charge in [0, 0.05) is 62.9 Å². The summed E-state index contributed by atoms with van der Waals surface area (Å²) in [5.41, 5.74) is 1.87. The van der Waals surface area contributed by atoms with Crippen LogP contribution in [0.3, 0.4) is 0 Å². The van der Waals surface area contributed by atoms with Crippen LogP contribution in [0.5, 0.6) is 23.0 Å². The average molecular weight is 831 g/mol. The van der Waals surface area contributed by atoms with E-state index in [1.165, 1.54) is 32.5 Å². The van der Waals surface area contributed by atoms with Gasteiger partial charge in [0.05, 0.1) is 64.5 Å². The molecule has 3 aliphatic heterocycles. The number of halogens is 2. The van der Waals surface area contributed by atoms with Gasteiger partial charge in [0.2, 0.25) is 11.8 Å². The van der Waals surface area contributed by atoms with E-state index < -0.39 is 29.7 Å². The van der Waals surface area contributed by atoms with E-state index in [0.29, 0.717) is 95.3 Å². The van der Waals surface area contributed by atoms with E-state index in [-0.39, 0.29) is 47.8 Å². The predicted molar refractivity (Wildman–Crippen MR) is 211 cm³/mol. The number of piperazine rings is 1. The number of aromatic nitrogens is 1. The minimum absolute atomic E-state index is 0.00795. The molecule has 0 radical (unpaired) electrons. The van der Waals surface area contributed by atoms with Gasteiger partial charge in [-0.3, -0.25) is 44.1 Å². The lowest BCUT2D eigenvalue weighted by Crippen LogP contribution is -2.54. The monoisotopic (exact) mass is 829 g/mol. The van der Waals surface area contributed by atoms with Crippen molar-refractivity contribution in [1.82, 2.24) is 25.0 Å². The van der Waals surface area contributed by atoms with Crippen molar-refractivity contribution in [1.29, 1.82) is 5.26 Å². The van der Waals surface area contributed by atoms with Crippen LogP contribution in [-0.2, 0) is 14.4 Å². The second-order valence-electron chi connectivity index (χ2n) is 13.6. The summed E-state index contributed by atoms with van der Waals surface area (Å²) in [6.07, 6.45) is 2.19. The molecule has 3 aliphatic rings. The number of anilines is 2. The molecule has 18 heteroatoms. The van der Waals surface area contributed by atoms with Crippen LogP contribution >= 0.6 is 23.2 Å². The van der Waals surface area contributed by atoms with Gasteiger partial charge in [-0.15, -0.1) is 0 Å². The van der Waals surface area contributed by atoms with Crippen LogP contribution in [0.4, 0.5) is 11.4 Å². The maximum atomic E-state index is 13.4.